The number of carbonyl (C=O) groups excluding carboxylic acids is 1. The lowest BCUT2D eigenvalue weighted by atomic mass is 10.1. The van der Waals surface area contributed by atoms with Crippen molar-refractivity contribution in [3.8, 4) is 0 Å². The van der Waals surface area contributed by atoms with E-state index in [9.17, 15) is 9.59 Å². The number of aliphatic carboxylic acids is 1. The van der Waals surface area contributed by atoms with Crippen molar-refractivity contribution in [2.24, 2.45) is 17.2 Å². The number of carboxylic acid groups (broad SMARTS) is 1. The first-order valence-corrected chi connectivity index (χ1v) is 6.98. The van der Waals surface area contributed by atoms with Gasteiger partial charge in [0.25, 0.3) is 0 Å². The Hall–Kier alpha value is -1.92. The van der Waals surface area contributed by atoms with Gasteiger partial charge in [-0.2, -0.15) is 0 Å². The summed E-state index contributed by atoms with van der Waals surface area (Å²) >= 11 is 0. The molecular formula is C15H25N3O3. The minimum Gasteiger partial charge on any atom is -0.480 e. The van der Waals surface area contributed by atoms with Crippen LogP contribution in [0.3, 0.4) is 0 Å². The lowest BCUT2D eigenvalue weighted by Gasteiger charge is -2.03. The van der Waals surface area contributed by atoms with Gasteiger partial charge in [-0.15, -0.1) is 0 Å². The highest BCUT2D eigenvalue weighted by Gasteiger charge is 2.09. The third-order valence-corrected chi connectivity index (χ3v) is 2.79. The number of carboxylic acids is 1. The highest BCUT2D eigenvalue weighted by molar-refractivity contribution is 5.74. The van der Waals surface area contributed by atoms with Gasteiger partial charge in [-0.25, -0.2) is 0 Å². The van der Waals surface area contributed by atoms with Crippen LogP contribution in [0.4, 0.5) is 0 Å². The second-order valence-electron chi connectivity index (χ2n) is 4.68. The van der Waals surface area contributed by atoms with Gasteiger partial charge < -0.3 is 22.3 Å². The van der Waals surface area contributed by atoms with Crippen molar-refractivity contribution < 1.29 is 14.7 Å². The number of rotatable bonds is 8. The number of carbonyl (C=O) groups is 2. The van der Waals surface area contributed by atoms with Crippen LogP contribution in [0, 0.1) is 0 Å². The normalized spacial score (nSPS) is 11.1. The maximum absolute atomic E-state index is 10.4. The lowest BCUT2D eigenvalue weighted by molar-refractivity contribution is -0.138. The monoisotopic (exact) mass is 295 g/mol. The van der Waals surface area contributed by atoms with E-state index in [0.717, 1.165) is 24.8 Å². The van der Waals surface area contributed by atoms with Crippen molar-refractivity contribution in [2.45, 2.75) is 38.1 Å². The van der Waals surface area contributed by atoms with Crippen molar-refractivity contribution in [2.75, 3.05) is 6.54 Å². The summed E-state index contributed by atoms with van der Waals surface area (Å²) in [4.78, 5) is 20.5. The van der Waals surface area contributed by atoms with Gasteiger partial charge in [-0.1, -0.05) is 36.8 Å². The van der Waals surface area contributed by atoms with Crippen LogP contribution in [0.5, 0.6) is 0 Å². The third-order valence-electron chi connectivity index (χ3n) is 2.79. The molecule has 0 radical (unpaired) electrons. The maximum Gasteiger partial charge on any atom is 0.320 e. The molecule has 0 aliphatic carbocycles. The molecule has 0 spiro atoms. The summed E-state index contributed by atoms with van der Waals surface area (Å²) in [5.41, 5.74) is 16.6. The van der Waals surface area contributed by atoms with Crippen molar-refractivity contribution in [3.63, 3.8) is 0 Å². The average molecular weight is 295 g/mol. The summed E-state index contributed by atoms with van der Waals surface area (Å²) in [7, 11) is 0. The molecule has 0 heterocycles. The Morgan fingerprint density at radius 3 is 2.24 bits per heavy atom. The van der Waals surface area contributed by atoms with E-state index in [1.807, 2.05) is 30.3 Å². The molecule has 1 amide bonds. The summed E-state index contributed by atoms with van der Waals surface area (Å²) in [5, 5.41) is 8.33. The largest absolute Gasteiger partial charge is 0.480 e. The number of benzene rings is 1. The zero-order valence-electron chi connectivity index (χ0n) is 12.2. The highest BCUT2D eigenvalue weighted by atomic mass is 16.4. The first-order chi connectivity index (χ1) is 9.97. The molecule has 1 atom stereocenters. The first-order valence-electron chi connectivity index (χ1n) is 6.98. The molecule has 1 aromatic rings. The number of primary amides is 1. The fourth-order valence-electron chi connectivity index (χ4n) is 1.54. The highest BCUT2D eigenvalue weighted by Crippen LogP contribution is 2.01. The third kappa shape index (κ3) is 11.6. The van der Waals surface area contributed by atoms with Gasteiger partial charge in [0.2, 0.25) is 5.91 Å². The maximum atomic E-state index is 10.4. The molecular weight excluding hydrogens is 270 g/mol. The SMILES string of the molecule is NC(=O)CCc1ccccc1.NCCCCC(N)C(=O)O. The van der Waals surface area contributed by atoms with Gasteiger partial charge >= 0.3 is 5.97 Å². The standard InChI is InChI=1S/C9H11NO.C6H14N2O2/c10-9(11)7-6-8-4-2-1-3-5-8;7-4-2-1-3-5(8)6(9)10/h1-5H,6-7H2,(H2,10,11);5H,1-4,7-8H2,(H,9,10). The summed E-state index contributed by atoms with van der Waals surface area (Å²) in [6.07, 6.45) is 3.34. The number of hydrogen-bond acceptors (Lipinski definition) is 4. The molecule has 118 valence electrons. The Morgan fingerprint density at radius 1 is 1.14 bits per heavy atom. The summed E-state index contributed by atoms with van der Waals surface area (Å²) < 4.78 is 0. The van der Waals surface area contributed by atoms with Crippen LogP contribution in [-0.4, -0.2) is 29.6 Å². The van der Waals surface area contributed by atoms with E-state index in [0.29, 0.717) is 19.4 Å². The smallest absolute Gasteiger partial charge is 0.320 e. The van der Waals surface area contributed by atoms with Gasteiger partial charge in [0.15, 0.2) is 0 Å². The van der Waals surface area contributed by atoms with Gasteiger partial charge in [0.05, 0.1) is 0 Å². The molecule has 0 saturated heterocycles. The van der Waals surface area contributed by atoms with Crippen LogP contribution >= 0.6 is 0 Å². The number of nitrogens with two attached hydrogens (primary N) is 3. The molecule has 0 aromatic heterocycles. The van der Waals surface area contributed by atoms with Crippen molar-refractivity contribution >= 4 is 11.9 Å². The Bertz CT molecular complexity index is 410. The zero-order valence-corrected chi connectivity index (χ0v) is 12.2. The van der Waals surface area contributed by atoms with Crippen molar-refractivity contribution in [1.82, 2.24) is 0 Å². The van der Waals surface area contributed by atoms with E-state index >= 15 is 0 Å². The van der Waals surface area contributed by atoms with Crippen LogP contribution in [-0.2, 0) is 16.0 Å². The van der Waals surface area contributed by atoms with E-state index in [1.165, 1.54) is 0 Å². The Labute approximate surface area is 125 Å². The fourth-order valence-corrected chi connectivity index (χ4v) is 1.54. The predicted molar refractivity (Wildman–Crippen MR) is 82.5 cm³/mol. The minimum atomic E-state index is -0.933. The number of aryl methyl sites for hydroxylation is 1. The molecule has 0 bridgehead atoms. The topological polar surface area (TPSA) is 132 Å². The quantitative estimate of drug-likeness (QED) is 0.522. The van der Waals surface area contributed by atoms with Crippen LogP contribution in [0.25, 0.3) is 0 Å². The second kappa shape index (κ2) is 11.9. The molecule has 1 aromatic carbocycles. The molecule has 0 saturated carbocycles. The summed E-state index contributed by atoms with van der Waals surface area (Å²) in [6, 6.07) is 9.12. The average Bonchev–Trinajstić information content (AvgIpc) is 2.47. The molecule has 1 rings (SSSR count). The Kier molecular flexibility index (Phi) is 10.8. The predicted octanol–water partition coefficient (Wildman–Crippen LogP) is 0.632. The zero-order chi connectivity index (χ0) is 16.1. The number of amides is 1. The van der Waals surface area contributed by atoms with E-state index in [1.54, 1.807) is 0 Å². The van der Waals surface area contributed by atoms with Crippen LogP contribution < -0.4 is 17.2 Å². The second-order valence-corrected chi connectivity index (χ2v) is 4.68. The van der Waals surface area contributed by atoms with Gasteiger partial charge in [-0.05, 0) is 31.4 Å². The minimum absolute atomic E-state index is 0.242. The molecule has 6 nitrogen and oxygen atoms in total. The molecule has 7 N–H and O–H groups in total. The van der Waals surface area contributed by atoms with E-state index < -0.39 is 12.0 Å². The van der Waals surface area contributed by atoms with Gasteiger partial charge in [0, 0.05) is 6.42 Å². The Balaban J connectivity index is 0.000000384. The van der Waals surface area contributed by atoms with Gasteiger partial charge in [0.1, 0.15) is 6.04 Å². The number of hydrogen-bond donors (Lipinski definition) is 4. The van der Waals surface area contributed by atoms with E-state index in [2.05, 4.69) is 0 Å². The molecule has 6 heteroatoms. The molecule has 21 heavy (non-hydrogen) atoms. The van der Waals surface area contributed by atoms with Crippen LogP contribution in [0.15, 0.2) is 30.3 Å². The fraction of sp³-hybridized carbons (Fsp3) is 0.467. The summed E-state index contributed by atoms with van der Waals surface area (Å²) in [5.74, 6) is -1.18. The lowest BCUT2D eigenvalue weighted by Crippen LogP contribution is -2.29. The van der Waals surface area contributed by atoms with E-state index in [4.69, 9.17) is 22.3 Å². The molecule has 1 unspecified atom stereocenters. The molecule has 0 aliphatic heterocycles. The van der Waals surface area contributed by atoms with Gasteiger partial charge in [-0.3, -0.25) is 9.59 Å². The molecule has 0 fully saturated rings. The number of unbranched alkanes of at least 4 members (excludes halogenated alkanes) is 1. The van der Waals surface area contributed by atoms with Crippen molar-refractivity contribution in [3.05, 3.63) is 35.9 Å². The summed E-state index contributed by atoms with van der Waals surface area (Å²) in [6.45, 7) is 0.604. The van der Waals surface area contributed by atoms with E-state index in [-0.39, 0.29) is 5.91 Å². The van der Waals surface area contributed by atoms with Crippen LogP contribution in [0.2, 0.25) is 0 Å². The molecule has 0 aliphatic rings. The Morgan fingerprint density at radius 2 is 1.76 bits per heavy atom. The van der Waals surface area contributed by atoms with Crippen molar-refractivity contribution in [1.29, 1.82) is 0 Å². The first kappa shape index (κ1) is 19.1. The van der Waals surface area contributed by atoms with Crippen LogP contribution in [0.1, 0.15) is 31.2 Å².